The SMILES string of the molecule is NC(=O)/C(N)=C\CC(=O)Nc1cccc(S(=O)(=O)O)c1. The van der Waals surface area contributed by atoms with Gasteiger partial charge in [-0.05, 0) is 24.3 Å². The fourth-order valence-corrected chi connectivity index (χ4v) is 1.78. The van der Waals surface area contributed by atoms with E-state index in [-0.39, 0.29) is 22.7 Å². The lowest BCUT2D eigenvalue weighted by atomic mass is 10.2. The molecule has 0 spiro atoms. The molecule has 2 amide bonds. The van der Waals surface area contributed by atoms with Gasteiger partial charge in [0, 0.05) is 12.1 Å². The molecule has 0 aliphatic heterocycles. The maximum atomic E-state index is 11.5. The van der Waals surface area contributed by atoms with Crippen LogP contribution in [0.1, 0.15) is 6.42 Å². The molecule has 20 heavy (non-hydrogen) atoms. The summed E-state index contributed by atoms with van der Waals surface area (Å²) in [6, 6.07) is 5.06. The zero-order valence-corrected chi connectivity index (χ0v) is 11.1. The minimum absolute atomic E-state index is 0.177. The minimum Gasteiger partial charge on any atom is -0.395 e. The Morgan fingerprint density at radius 3 is 2.50 bits per heavy atom. The molecule has 0 aromatic heterocycles. The van der Waals surface area contributed by atoms with Crippen LogP contribution in [-0.4, -0.2) is 24.8 Å². The van der Waals surface area contributed by atoms with Crippen LogP contribution in [0.3, 0.4) is 0 Å². The van der Waals surface area contributed by atoms with Gasteiger partial charge < -0.3 is 16.8 Å². The van der Waals surface area contributed by atoms with E-state index in [1.54, 1.807) is 0 Å². The Labute approximate surface area is 115 Å². The third-order valence-corrected chi connectivity index (χ3v) is 3.06. The number of rotatable bonds is 5. The van der Waals surface area contributed by atoms with Gasteiger partial charge in [-0.1, -0.05) is 6.07 Å². The molecule has 1 aromatic carbocycles. The molecular formula is C11H13N3O5S. The van der Waals surface area contributed by atoms with Crippen LogP contribution in [0.4, 0.5) is 5.69 Å². The van der Waals surface area contributed by atoms with E-state index >= 15 is 0 Å². The Hall–Kier alpha value is -2.39. The number of primary amides is 1. The lowest BCUT2D eigenvalue weighted by Gasteiger charge is -2.05. The number of nitrogens with two attached hydrogens (primary N) is 2. The topological polar surface area (TPSA) is 153 Å². The van der Waals surface area contributed by atoms with Crippen molar-refractivity contribution in [3.05, 3.63) is 36.0 Å². The molecule has 0 radical (unpaired) electrons. The maximum absolute atomic E-state index is 11.5. The Morgan fingerprint density at radius 2 is 1.95 bits per heavy atom. The molecule has 108 valence electrons. The molecule has 0 aliphatic rings. The number of hydrogen-bond acceptors (Lipinski definition) is 5. The molecule has 9 heteroatoms. The van der Waals surface area contributed by atoms with Crippen molar-refractivity contribution >= 4 is 27.6 Å². The normalized spacial score (nSPS) is 11.9. The van der Waals surface area contributed by atoms with Gasteiger partial charge in [0.2, 0.25) is 5.91 Å². The first kappa shape index (κ1) is 15.7. The standard InChI is InChI=1S/C11H13N3O5S/c12-9(11(13)16)4-5-10(15)14-7-2-1-3-8(6-7)20(17,18)19/h1-4,6H,5,12H2,(H2,13,16)(H,14,15)(H,17,18,19)/b9-4+. The number of benzene rings is 1. The van der Waals surface area contributed by atoms with E-state index in [2.05, 4.69) is 5.32 Å². The monoisotopic (exact) mass is 299 g/mol. The lowest BCUT2D eigenvalue weighted by molar-refractivity contribution is -0.115. The number of hydrogen-bond donors (Lipinski definition) is 4. The van der Waals surface area contributed by atoms with Gasteiger partial charge in [0.1, 0.15) is 0 Å². The van der Waals surface area contributed by atoms with Crippen LogP contribution >= 0.6 is 0 Å². The van der Waals surface area contributed by atoms with Crippen LogP contribution in [0.2, 0.25) is 0 Å². The van der Waals surface area contributed by atoms with Gasteiger partial charge in [0.15, 0.2) is 0 Å². The summed E-state index contributed by atoms with van der Waals surface area (Å²) >= 11 is 0. The van der Waals surface area contributed by atoms with Crippen LogP contribution in [0.15, 0.2) is 40.9 Å². The Kier molecular flexibility index (Phi) is 4.83. The van der Waals surface area contributed by atoms with Crippen molar-refractivity contribution in [3.8, 4) is 0 Å². The fraction of sp³-hybridized carbons (Fsp3) is 0.0909. The average molecular weight is 299 g/mol. The van der Waals surface area contributed by atoms with E-state index in [4.69, 9.17) is 16.0 Å². The minimum atomic E-state index is -4.34. The van der Waals surface area contributed by atoms with Crippen LogP contribution in [-0.2, 0) is 19.7 Å². The highest BCUT2D eigenvalue weighted by molar-refractivity contribution is 7.85. The number of nitrogens with one attached hydrogen (secondary N) is 1. The van der Waals surface area contributed by atoms with E-state index in [1.165, 1.54) is 18.2 Å². The van der Waals surface area contributed by atoms with Crippen molar-refractivity contribution in [3.63, 3.8) is 0 Å². The summed E-state index contributed by atoms with van der Waals surface area (Å²) in [7, 11) is -4.34. The first-order valence-corrected chi connectivity index (χ1v) is 6.77. The van der Waals surface area contributed by atoms with Crippen molar-refractivity contribution in [1.29, 1.82) is 0 Å². The third kappa shape index (κ3) is 4.71. The predicted molar refractivity (Wildman–Crippen MR) is 71.0 cm³/mol. The number of anilines is 1. The highest BCUT2D eigenvalue weighted by Gasteiger charge is 2.10. The summed E-state index contributed by atoms with van der Waals surface area (Å²) in [4.78, 5) is 21.8. The van der Waals surface area contributed by atoms with E-state index < -0.39 is 21.9 Å². The van der Waals surface area contributed by atoms with Gasteiger partial charge in [-0.15, -0.1) is 0 Å². The van der Waals surface area contributed by atoms with Crippen molar-refractivity contribution in [2.75, 3.05) is 5.32 Å². The first-order chi connectivity index (χ1) is 9.20. The van der Waals surface area contributed by atoms with Crippen LogP contribution in [0, 0.1) is 0 Å². The van der Waals surface area contributed by atoms with Gasteiger partial charge >= 0.3 is 0 Å². The molecule has 0 saturated carbocycles. The van der Waals surface area contributed by atoms with E-state index in [0.717, 1.165) is 12.1 Å². The molecule has 6 N–H and O–H groups in total. The summed E-state index contributed by atoms with van der Waals surface area (Å²) in [6.07, 6.45) is 0.940. The second kappa shape index (κ2) is 6.17. The van der Waals surface area contributed by atoms with E-state index in [9.17, 15) is 18.0 Å². The fourth-order valence-electron chi connectivity index (χ4n) is 1.25. The summed E-state index contributed by atoms with van der Waals surface area (Å²) in [5.74, 6) is -1.37. The molecule has 1 aromatic rings. The average Bonchev–Trinajstić information content (AvgIpc) is 2.35. The number of carbonyl (C=O) groups is 2. The second-order valence-corrected chi connectivity index (χ2v) is 5.20. The van der Waals surface area contributed by atoms with Gasteiger partial charge in [0.25, 0.3) is 16.0 Å². The first-order valence-electron chi connectivity index (χ1n) is 5.33. The smallest absolute Gasteiger partial charge is 0.294 e. The van der Waals surface area contributed by atoms with Crippen LogP contribution in [0.5, 0.6) is 0 Å². The highest BCUT2D eigenvalue weighted by atomic mass is 32.2. The molecule has 0 saturated heterocycles. The molecule has 0 heterocycles. The van der Waals surface area contributed by atoms with Gasteiger partial charge in [-0.25, -0.2) is 0 Å². The van der Waals surface area contributed by atoms with Gasteiger partial charge in [-0.3, -0.25) is 14.1 Å². The second-order valence-electron chi connectivity index (χ2n) is 3.78. The zero-order chi connectivity index (χ0) is 15.3. The van der Waals surface area contributed by atoms with Crippen molar-refractivity contribution in [2.45, 2.75) is 11.3 Å². The van der Waals surface area contributed by atoms with Crippen LogP contribution in [0.25, 0.3) is 0 Å². The Bertz CT molecular complexity index is 666. The van der Waals surface area contributed by atoms with E-state index in [1.807, 2.05) is 0 Å². The van der Waals surface area contributed by atoms with Gasteiger partial charge in [-0.2, -0.15) is 8.42 Å². The molecule has 0 unspecified atom stereocenters. The molecule has 0 atom stereocenters. The summed E-state index contributed by atoms with van der Waals surface area (Å²) in [5, 5.41) is 2.38. The van der Waals surface area contributed by atoms with E-state index in [0.29, 0.717) is 0 Å². The summed E-state index contributed by atoms with van der Waals surface area (Å²) in [5.41, 5.74) is 10.1. The summed E-state index contributed by atoms with van der Waals surface area (Å²) < 4.78 is 30.7. The predicted octanol–water partition coefficient (Wildman–Crippen LogP) is -0.410. The van der Waals surface area contributed by atoms with Crippen molar-refractivity contribution in [2.24, 2.45) is 11.5 Å². The molecular weight excluding hydrogens is 286 g/mol. The van der Waals surface area contributed by atoms with Crippen molar-refractivity contribution in [1.82, 2.24) is 0 Å². The number of amides is 2. The van der Waals surface area contributed by atoms with Gasteiger partial charge in [0.05, 0.1) is 10.6 Å². The number of carbonyl (C=O) groups excluding carboxylic acids is 2. The van der Waals surface area contributed by atoms with Crippen molar-refractivity contribution < 1.29 is 22.6 Å². The lowest BCUT2D eigenvalue weighted by Crippen LogP contribution is -2.21. The summed E-state index contributed by atoms with van der Waals surface area (Å²) in [6.45, 7) is 0. The van der Waals surface area contributed by atoms with Crippen LogP contribution < -0.4 is 16.8 Å². The maximum Gasteiger partial charge on any atom is 0.294 e. The highest BCUT2D eigenvalue weighted by Crippen LogP contribution is 2.15. The molecule has 0 fully saturated rings. The largest absolute Gasteiger partial charge is 0.395 e. The molecule has 8 nitrogen and oxygen atoms in total. The zero-order valence-electron chi connectivity index (χ0n) is 10.2. The quantitative estimate of drug-likeness (QED) is 0.428. The Balaban J connectivity index is 2.77. The Morgan fingerprint density at radius 1 is 1.30 bits per heavy atom. The molecule has 0 aliphatic carbocycles. The molecule has 0 bridgehead atoms. The molecule has 1 rings (SSSR count). The third-order valence-electron chi connectivity index (χ3n) is 2.21.